The third-order valence-corrected chi connectivity index (χ3v) is 2.97. The zero-order valence-corrected chi connectivity index (χ0v) is 11.5. The van der Waals surface area contributed by atoms with Crippen LogP contribution in [0.15, 0.2) is 18.5 Å². The summed E-state index contributed by atoms with van der Waals surface area (Å²) in [4.78, 5) is 4.53. The van der Waals surface area contributed by atoms with Crippen LogP contribution in [0.1, 0.15) is 39.2 Å². The number of nitrogens with one attached hydrogen (secondary N) is 1. The Hall–Kier alpha value is -1.42. The molecule has 4 heteroatoms. The predicted octanol–water partition coefficient (Wildman–Crippen LogP) is 2.73. The van der Waals surface area contributed by atoms with Crippen molar-refractivity contribution >= 4 is 11.0 Å². The molecule has 98 valence electrons. The molecule has 0 atom stereocenters. The maximum absolute atomic E-state index is 4.53. The van der Waals surface area contributed by atoms with Gasteiger partial charge in [0.25, 0.3) is 0 Å². The number of aryl methyl sites for hydroxylation is 1. The summed E-state index contributed by atoms with van der Waals surface area (Å²) >= 11 is 0. The molecule has 0 aliphatic carbocycles. The molecule has 2 aromatic heterocycles. The molecular weight excluding hydrogens is 224 g/mol. The van der Waals surface area contributed by atoms with Crippen molar-refractivity contribution in [3.8, 4) is 0 Å². The van der Waals surface area contributed by atoms with Gasteiger partial charge in [-0.1, -0.05) is 27.2 Å². The molecule has 0 bridgehead atoms. The van der Waals surface area contributed by atoms with Gasteiger partial charge in [-0.25, -0.2) is 9.67 Å². The van der Waals surface area contributed by atoms with Gasteiger partial charge in [-0.15, -0.1) is 0 Å². The molecule has 2 rings (SSSR count). The zero-order valence-electron chi connectivity index (χ0n) is 11.5. The van der Waals surface area contributed by atoms with E-state index < -0.39 is 0 Å². The molecule has 18 heavy (non-hydrogen) atoms. The minimum absolute atomic E-state index is 0.493. The van der Waals surface area contributed by atoms with Gasteiger partial charge in [0.05, 0.1) is 6.20 Å². The standard InChI is InChI=1S/C14H22N4/c1-4-5-6-18-14-13(10-17-18)7-12(9-16-14)8-15-11(2)3/h7,9-11,15H,4-6,8H2,1-3H3. The quantitative estimate of drug-likeness (QED) is 0.852. The Morgan fingerprint density at radius 1 is 1.33 bits per heavy atom. The zero-order chi connectivity index (χ0) is 13.0. The lowest BCUT2D eigenvalue weighted by Gasteiger charge is -2.07. The Kier molecular flexibility index (Phi) is 4.31. The highest BCUT2D eigenvalue weighted by Gasteiger charge is 2.05. The lowest BCUT2D eigenvalue weighted by atomic mass is 10.2. The number of pyridine rings is 1. The average molecular weight is 246 g/mol. The molecule has 0 aliphatic heterocycles. The van der Waals surface area contributed by atoms with Crippen molar-refractivity contribution in [2.75, 3.05) is 0 Å². The van der Waals surface area contributed by atoms with Crippen LogP contribution in [0.25, 0.3) is 11.0 Å². The van der Waals surface area contributed by atoms with Gasteiger partial charge in [-0.05, 0) is 18.1 Å². The van der Waals surface area contributed by atoms with E-state index in [0.29, 0.717) is 6.04 Å². The molecule has 0 aliphatic rings. The smallest absolute Gasteiger partial charge is 0.157 e. The van der Waals surface area contributed by atoms with Gasteiger partial charge >= 0.3 is 0 Å². The number of aromatic nitrogens is 3. The number of rotatable bonds is 6. The summed E-state index contributed by atoms with van der Waals surface area (Å²) in [7, 11) is 0. The molecule has 0 unspecified atom stereocenters. The van der Waals surface area contributed by atoms with E-state index in [2.05, 4.69) is 42.2 Å². The van der Waals surface area contributed by atoms with Gasteiger partial charge < -0.3 is 5.32 Å². The second-order valence-corrected chi connectivity index (χ2v) is 5.01. The highest BCUT2D eigenvalue weighted by molar-refractivity contribution is 5.74. The molecule has 0 fully saturated rings. The largest absolute Gasteiger partial charge is 0.310 e. The van der Waals surface area contributed by atoms with E-state index in [9.17, 15) is 0 Å². The van der Waals surface area contributed by atoms with Crippen molar-refractivity contribution in [3.63, 3.8) is 0 Å². The first-order valence-corrected chi connectivity index (χ1v) is 6.74. The van der Waals surface area contributed by atoms with E-state index in [1.54, 1.807) is 0 Å². The Morgan fingerprint density at radius 2 is 2.17 bits per heavy atom. The summed E-state index contributed by atoms with van der Waals surface area (Å²) in [5.41, 5.74) is 2.21. The molecule has 0 radical (unpaired) electrons. The van der Waals surface area contributed by atoms with Gasteiger partial charge in [0.15, 0.2) is 5.65 Å². The summed E-state index contributed by atoms with van der Waals surface area (Å²) in [6.07, 6.45) is 6.19. The van der Waals surface area contributed by atoms with E-state index in [0.717, 1.165) is 30.5 Å². The Balaban J connectivity index is 2.14. The third kappa shape index (κ3) is 3.07. The van der Waals surface area contributed by atoms with Crippen LogP contribution < -0.4 is 5.32 Å². The monoisotopic (exact) mass is 246 g/mol. The third-order valence-electron chi connectivity index (χ3n) is 2.97. The topological polar surface area (TPSA) is 42.7 Å². The first-order chi connectivity index (χ1) is 8.70. The number of nitrogens with zero attached hydrogens (tertiary/aromatic N) is 3. The van der Waals surface area contributed by atoms with Crippen molar-refractivity contribution in [2.24, 2.45) is 0 Å². The molecule has 4 nitrogen and oxygen atoms in total. The van der Waals surface area contributed by atoms with Gasteiger partial charge in [0.1, 0.15) is 0 Å². The van der Waals surface area contributed by atoms with E-state index >= 15 is 0 Å². The fourth-order valence-corrected chi connectivity index (χ4v) is 1.91. The lowest BCUT2D eigenvalue weighted by molar-refractivity contribution is 0.582. The van der Waals surface area contributed by atoms with Gasteiger partial charge in [0, 0.05) is 30.7 Å². The highest BCUT2D eigenvalue weighted by Crippen LogP contribution is 2.13. The van der Waals surface area contributed by atoms with Crippen LogP contribution in [0.2, 0.25) is 0 Å². The van der Waals surface area contributed by atoms with Gasteiger partial charge in [-0.3, -0.25) is 0 Å². The molecule has 0 amide bonds. The first kappa shape index (κ1) is 13.0. The second-order valence-electron chi connectivity index (χ2n) is 5.01. The fraction of sp³-hybridized carbons (Fsp3) is 0.571. The fourth-order valence-electron chi connectivity index (χ4n) is 1.91. The number of unbranched alkanes of at least 4 members (excludes halogenated alkanes) is 1. The summed E-state index contributed by atoms with van der Waals surface area (Å²) in [5.74, 6) is 0. The Labute approximate surface area is 108 Å². The van der Waals surface area contributed by atoms with Crippen LogP contribution in [0.4, 0.5) is 0 Å². The van der Waals surface area contributed by atoms with Crippen LogP contribution in [0.3, 0.4) is 0 Å². The molecule has 0 spiro atoms. The molecule has 0 saturated carbocycles. The molecular formula is C14H22N4. The summed E-state index contributed by atoms with van der Waals surface area (Å²) in [6, 6.07) is 2.67. The summed E-state index contributed by atoms with van der Waals surface area (Å²) < 4.78 is 2.00. The van der Waals surface area contributed by atoms with E-state index in [-0.39, 0.29) is 0 Å². The maximum atomic E-state index is 4.53. The summed E-state index contributed by atoms with van der Waals surface area (Å²) in [6.45, 7) is 8.30. The molecule has 1 N–H and O–H groups in total. The predicted molar refractivity (Wildman–Crippen MR) is 74.4 cm³/mol. The van der Waals surface area contributed by atoms with E-state index in [1.165, 1.54) is 12.0 Å². The van der Waals surface area contributed by atoms with Crippen LogP contribution >= 0.6 is 0 Å². The lowest BCUT2D eigenvalue weighted by Crippen LogP contribution is -2.21. The Bertz CT molecular complexity index is 501. The van der Waals surface area contributed by atoms with Gasteiger partial charge in [0.2, 0.25) is 0 Å². The minimum atomic E-state index is 0.493. The van der Waals surface area contributed by atoms with E-state index in [1.807, 2.05) is 17.1 Å². The first-order valence-electron chi connectivity index (χ1n) is 6.74. The Morgan fingerprint density at radius 3 is 2.89 bits per heavy atom. The van der Waals surface area contributed by atoms with Crippen LogP contribution in [-0.4, -0.2) is 20.8 Å². The SMILES string of the molecule is CCCCn1ncc2cc(CNC(C)C)cnc21. The van der Waals surface area contributed by atoms with Crippen molar-refractivity contribution in [1.82, 2.24) is 20.1 Å². The molecule has 2 heterocycles. The number of hydrogen-bond donors (Lipinski definition) is 1. The van der Waals surface area contributed by atoms with Crippen LogP contribution in [0.5, 0.6) is 0 Å². The number of hydrogen-bond acceptors (Lipinski definition) is 3. The van der Waals surface area contributed by atoms with Crippen LogP contribution in [0, 0.1) is 0 Å². The second kappa shape index (κ2) is 5.96. The van der Waals surface area contributed by atoms with Crippen molar-refractivity contribution < 1.29 is 0 Å². The number of fused-ring (bicyclic) bond motifs is 1. The highest BCUT2D eigenvalue weighted by atomic mass is 15.3. The molecule has 0 saturated heterocycles. The van der Waals surface area contributed by atoms with Crippen molar-refractivity contribution in [2.45, 2.75) is 52.7 Å². The van der Waals surface area contributed by atoms with Crippen molar-refractivity contribution in [1.29, 1.82) is 0 Å². The van der Waals surface area contributed by atoms with Crippen LogP contribution in [-0.2, 0) is 13.1 Å². The normalized spacial score (nSPS) is 11.6. The van der Waals surface area contributed by atoms with Crippen molar-refractivity contribution in [3.05, 3.63) is 24.0 Å². The molecule has 2 aromatic rings. The average Bonchev–Trinajstić information content (AvgIpc) is 2.76. The van der Waals surface area contributed by atoms with Gasteiger partial charge in [-0.2, -0.15) is 5.10 Å². The maximum Gasteiger partial charge on any atom is 0.157 e. The minimum Gasteiger partial charge on any atom is -0.310 e. The van der Waals surface area contributed by atoms with E-state index in [4.69, 9.17) is 0 Å². The summed E-state index contributed by atoms with van der Waals surface area (Å²) in [5, 5.41) is 8.94. The molecule has 0 aromatic carbocycles.